The summed E-state index contributed by atoms with van der Waals surface area (Å²) in [7, 11) is -3.95. The SMILES string of the molecule is CS(=O)(=O)N(CC(=O)N(Cc1ccc(Cl)cc1Cl)C(Cc1ccccc1)C(=O)NC1CCCC1)c1ccc(Cl)c(Cl)c1. The van der Waals surface area contributed by atoms with Gasteiger partial charge in [0, 0.05) is 29.1 Å². The number of hydrogen-bond donors (Lipinski definition) is 1. The van der Waals surface area contributed by atoms with Gasteiger partial charge < -0.3 is 10.2 Å². The van der Waals surface area contributed by atoms with Gasteiger partial charge in [0.05, 0.1) is 22.0 Å². The van der Waals surface area contributed by atoms with E-state index in [1.54, 1.807) is 18.2 Å². The number of carbonyl (C=O) groups excluding carboxylic acids is 2. The summed E-state index contributed by atoms with van der Waals surface area (Å²) in [6.07, 6.45) is 4.97. The van der Waals surface area contributed by atoms with Crippen LogP contribution in [0.2, 0.25) is 20.1 Å². The molecule has 1 aliphatic carbocycles. The van der Waals surface area contributed by atoms with Crippen LogP contribution in [0.4, 0.5) is 5.69 Å². The molecule has 0 radical (unpaired) electrons. The molecular weight excluding hydrogens is 640 g/mol. The van der Waals surface area contributed by atoms with Crippen LogP contribution in [0.5, 0.6) is 0 Å². The molecule has 224 valence electrons. The first-order valence-corrected chi connectivity index (χ1v) is 16.8. The molecule has 1 fully saturated rings. The Bertz CT molecular complexity index is 1530. The van der Waals surface area contributed by atoms with E-state index < -0.39 is 28.5 Å². The molecule has 3 aromatic rings. The highest BCUT2D eigenvalue weighted by Gasteiger charge is 2.34. The predicted octanol–water partition coefficient (Wildman–Crippen LogP) is 6.77. The molecule has 0 aromatic heterocycles. The van der Waals surface area contributed by atoms with Crippen molar-refractivity contribution in [2.75, 3.05) is 17.1 Å². The minimum atomic E-state index is -3.95. The summed E-state index contributed by atoms with van der Waals surface area (Å²) < 4.78 is 26.8. The monoisotopic (exact) mass is 669 g/mol. The molecule has 1 N–H and O–H groups in total. The Morgan fingerprint density at radius 3 is 2.21 bits per heavy atom. The lowest BCUT2D eigenvalue weighted by Crippen LogP contribution is -2.54. The average Bonchev–Trinajstić information content (AvgIpc) is 3.45. The molecular formula is C30H31Cl4N3O4S. The van der Waals surface area contributed by atoms with Crippen LogP contribution < -0.4 is 9.62 Å². The van der Waals surface area contributed by atoms with Gasteiger partial charge >= 0.3 is 0 Å². The first kappa shape index (κ1) is 32.4. The van der Waals surface area contributed by atoms with Gasteiger partial charge in [-0.3, -0.25) is 13.9 Å². The van der Waals surface area contributed by atoms with Crippen molar-refractivity contribution in [2.45, 2.75) is 50.7 Å². The van der Waals surface area contributed by atoms with Gasteiger partial charge in [0.25, 0.3) is 0 Å². The van der Waals surface area contributed by atoms with Gasteiger partial charge in [-0.1, -0.05) is 95.6 Å². The smallest absolute Gasteiger partial charge is 0.244 e. The zero-order chi connectivity index (χ0) is 30.4. The highest BCUT2D eigenvalue weighted by Crippen LogP contribution is 2.29. The van der Waals surface area contributed by atoms with Gasteiger partial charge in [0.15, 0.2) is 0 Å². The molecule has 42 heavy (non-hydrogen) atoms. The first-order chi connectivity index (χ1) is 19.9. The predicted molar refractivity (Wildman–Crippen MR) is 170 cm³/mol. The van der Waals surface area contributed by atoms with Crippen LogP contribution in [0, 0.1) is 0 Å². The van der Waals surface area contributed by atoms with E-state index in [0.717, 1.165) is 41.8 Å². The molecule has 0 aliphatic heterocycles. The molecule has 1 unspecified atom stereocenters. The van der Waals surface area contributed by atoms with Crippen molar-refractivity contribution in [2.24, 2.45) is 0 Å². The largest absolute Gasteiger partial charge is 0.352 e. The van der Waals surface area contributed by atoms with Gasteiger partial charge in [-0.2, -0.15) is 0 Å². The second-order valence-electron chi connectivity index (χ2n) is 10.3. The fourth-order valence-electron chi connectivity index (χ4n) is 5.01. The van der Waals surface area contributed by atoms with Crippen molar-refractivity contribution >= 4 is 73.9 Å². The number of benzene rings is 3. The van der Waals surface area contributed by atoms with Crippen LogP contribution in [0.15, 0.2) is 66.7 Å². The molecule has 7 nitrogen and oxygen atoms in total. The minimum Gasteiger partial charge on any atom is -0.352 e. The topological polar surface area (TPSA) is 86.8 Å². The van der Waals surface area contributed by atoms with Crippen LogP contribution in [0.25, 0.3) is 0 Å². The Morgan fingerprint density at radius 2 is 1.60 bits per heavy atom. The molecule has 0 spiro atoms. The summed E-state index contributed by atoms with van der Waals surface area (Å²) in [6.45, 7) is -0.632. The summed E-state index contributed by atoms with van der Waals surface area (Å²) in [6, 6.07) is 17.6. The van der Waals surface area contributed by atoms with E-state index in [2.05, 4.69) is 5.32 Å². The number of hydrogen-bond acceptors (Lipinski definition) is 4. The Labute approximate surface area is 266 Å². The van der Waals surface area contributed by atoms with Crippen molar-refractivity contribution in [1.82, 2.24) is 10.2 Å². The van der Waals surface area contributed by atoms with Gasteiger partial charge in [-0.25, -0.2) is 8.42 Å². The molecule has 0 heterocycles. The van der Waals surface area contributed by atoms with E-state index in [1.165, 1.54) is 23.1 Å². The number of rotatable bonds is 11. The zero-order valence-corrected chi connectivity index (χ0v) is 26.7. The summed E-state index contributed by atoms with van der Waals surface area (Å²) in [4.78, 5) is 29.5. The Morgan fingerprint density at radius 1 is 0.905 bits per heavy atom. The van der Waals surface area contributed by atoms with E-state index >= 15 is 0 Å². The van der Waals surface area contributed by atoms with Gasteiger partial charge in [0.1, 0.15) is 12.6 Å². The van der Waals surface area contributed by atoms with Crippen molar-refractivity contribution in [3.05, 3.63) is 97.9 Å². The number of nitrogens with one attached hydrogen (secondary N) is 1. The molecule has 3 aromatic carbocycles. The lowest BCUT2D eigenvalue weighted by atomic mass is 10.0. The maximum Gasteiger partial charge on any atom is 0.244 e. The standard InChI is InChI=1S/C30H31Cl4N3O4S/c1-42(40,41)37(24-13-14-25(32)27(34)17-24)19-29(38)36(18-21-11-12-22(31)16-26(21)33)28(15-20-7-3-2-4-8-20)30(39)35-23-9-5-6-10-23/h2-4,7-8,11-14,16-17,23,28H,5-6,9-10,15,18-19H2,1H3,(H,35,39). The van der Waals surface area contributed by atoms with E-state index in [4.69, 9.17) is 46.4 Å². The number of sulfonamides is 1. The van der Waals surface area contributed by atoms with E-state index in [9.17, 15) is 18.0 Å². The Hall–Kier alpha value is -2.49. The van der Waals surface area contributed by atoms with E-state index in [1.807, 2.05) is 30.3 Å². The average molecular weight is 671 g/mol. The van der Waals surface area contributed by atoms with E-state index in [-0.39, 0.29) is 40.6 Å². The molecule has 12 heteroatoms. The summed E-state index contributed by atoms with van der Waals surface area (Å²) in [5.41, 5.74) is 1.56. The second-order valence-corrected chi connectivity index (χ2v) is 13.9. The highest BCUT2D eigenvalue weighted by molar-refractivity contribution is 7.92. The maximum absolute atomic E-state index is 14.2. The zero-order valence-electron chi connectivity index (χ0n) is 22.9. The maximum atomic E-state index is 14.2. The summed E-state index contributed by atoms with van der Waals surface area (Å²) in [5.74, 6) is -0.912. The number of carbonyl (C=O) groups is 2. The van der Waals surface area contributed by atoms with Crippen LogP contribution in [0.1, 0.15) is 36.8 Å². The molecule has 1 aliphatic rings. The van der Waals surface area contributed by atoms with Gasteiger partial charge in [0.2, 0.25) is 21.8 Å². The molecule has 0 bridgehead atoms. The minimum absolute atomic E-state index is 0.00979. The lowest BCUT2D eigenvalue weighted by molar-refractivity contribution is -0.140. The third-order valence-corrected chi connectivity index (χ3v) is 9.67. The molecule has 4 rings (SSSR count). The molecule has 1 atom stereocenters. The third kappa shape index (κ3) is 8.54. The third-order valence-electron chi connectivity index (χ3n) is 7.20. The quantitative estimate of drug-likeness (QED) is 0.244. The van der Waals surface area contributed by atoms with Crippen molar-refractivity contribution in [3.63, 3.8) is 0 Å². The Kier molecular flexibility index (Phi) is 11.1. The van der Waals surface area contributed by atoms with Crippen molar-refractivity contribution in [1.29, 1.82) is 0 Å². The van der Waals surface area contributed by atoms with E-state index in [0.29, 0.717) is 15.6 Å². The van der Waals surface area contributed by atoms with Crippen LogP contribution in [-0.2, 0) is 32.6 Å². The molecule has 2 amide bonds. The number of amides is 2. The number of anilines is 1. The lowest BCUT2D eigenvalue weighted by Gasteiger charge is -2.34. The van der Waals surface area contributed by atoms with Crippen molar-refractivity contribution in [3.8, 4) is 0 Å². The first-order valence-electron chi connectivity index (χ1n) is 13.4. The normalized spacial score (nSPS) is 14.4. The van der Waals surface area contributed by atoms with Crippen LogP contribution in [0.3, 0.4) is 0 Å². The fraction of sp³-hybridized carbons (Fsp3) is 0.333. The van der Waals surface area contributed by atoms with Gasteiger partial charge in [-0.15, -0.1) is 0 Å². The van der Waals surface area contributed by atoms with Crippen LogP contribution in [-0.4, -0.2) is 50.0 Å². The molecule has 1 saturated carbocycles. The van der Waals surface area contributed by atoms with Crippen LogP contribution >= 0.6 is 46.4 Å². The number of nitrogens with zero attached hydrogens (tertiary/aromatic N) is 2. The summed E-state index contributed by atoms with van der Waals surface area (Å²) in [5, 5.41) is 4.24. The Balaban J connectivity index is 1.75. The second kappa shape index (κ2) is 14.3. The number of halogens is 4. The summed E-state index contributed by atoms with van der Waals surface area (Å²) >= 11 is 24.9. The fourth-order valence-corrected chi connectivity index (χ4v) is 6.61. The van der Waals surface area contributed by atoms with Crippen molar-refractivity contribution < 1.29 is 18.0 Å². The highest BCUT2D eigenvalue weighted by atomic mass is 35.5. The molecule has 0 saturated heterocycles. The van der Waals surface area contributed by atoms with Gasteiger partial charge in [-0.05, 0) is 54.3 Å².